The highest BCUT2D eigenvalue weighted by atomic mass is 16.5. The number of carbonyl (C=O) groups excluding carboxylic acids is 1. The number of amides is 1. The molecule has 1 atom stereocenters. The summed E-state index contributed by atoms with van der Waals surface area (Å²) < 4.78 is 4.84. The Balaban J connectivity index is 1.79. The Hall–Kier alpha value is -1.85. The van der Waals surface area contributed by atoms with E-state index in [2.05, 4.69) is 35.4 Å². The molecule has 2 rings (SSSR count). The second kappa shape index (κ2) is 7.96. The molecule has 5 nitrogen and oxygen atoms in total. The molecular formula is C17H24N2O3. The van der Waals surface area contributed by atoms with Gasteiger partial charge in [-0.05, 0) is 37.5 Å². The van der Waals surface area contributed by atoms with Gasteiger partial charge in [-0.2, -0.15) is 0 Å². The highest BCUT2D eigenvalue weighted by molar-refractivity contribution is 5.84. The third kappa shape index (κ3) is 4.58. The van der Waals surface area contributed by atoms with Gasteiger partial charge in [-0.3, -0.25) is 4.79 Å². The molecule has 1 unspecified atom stereocenters. The van der Waals surface area contributed by atoms with Crippen molar-refractivity contribution in [2.24, 2.45) is 0 Å². The van der Waals surface area contributed by atoms with E-state index in [-0.39, 0.29) is 5.91 Å². The number of rotatable bonds is 8. The number of carbonyl (C=O) groups is 1. The van der Waals surface area contributed by atoms with Crippen LogP contribution in [0.5, 0.6) is 0 Å². The average Bonchev–Trinajstić information content (AvgIpc) is 2.87. The van der Waals surface area contributed by atoms with Crippen LogP contribution in [0.4, 0.5) is 0 Å². The van der Waals surface area contributed by atoms with Gasteiger partial charge in [0.1, 0.15) is 0 Å². The van der Waals surface area contributed by atoms with Crippen molar-refractivity contribution < 1.29 is 14.6 Å². The van der Waals surface area contributed by atoms with E-state index in [1.165, 1.54) is 10.9 Å². The van der Waals surface area contributed by atoms with E-state index in [1.54, 1.807) is 7.11 Å². The fourth-order valence-electron chi connectivity index (χ4n) is 2.49. The van der Waals surface area contributed by atoms with Gasteiger partial charge in [0, 0.05) is 37.2 Å². The molecule has 0 aliphatic heterocycles. The first-order valence-electron chi connectivity index (χ1n) is 7.60. The Morgan fingerprint density at radius 1 is 1.45 bits per heavy atom. The van der Waals surface area contributed by atoms with Gasteiger partial charge in [-0.15, -0.1) is 0 Å². The molecule has 0 aliphatic rings. The minimum atomic E-state index is -0.526. The molecule has 1 heterocycles. The summed E-state index contributed by atoms with van der Waals surface area (Å²) in [6.45, 7) is 2.83. The first-order chi connectivity index (χ1) is 10.6. The molecule has 120 valence electrons. The Kier molecular flexibility index (Phi) is 5.98. The van der Waals surface area contributed by atoms with Crippen LogP contribution in [0, 0.1) is 6.92 Å². The maximum Gasteiger partial charge on any atom is 0.220 e. The van der Waals surface area contributed by atoms with E-state index >= 15 is 0 Å². The van der Waals surface area contributed by atoms with Crippen LogP contribution >= 0.6 is 0 Å². The van der Waals surface area contributed by atoms with E-state index < -0.39 is 6.10 Å². The van der Waals surface area contributed by atoms with Crippen LogP contribution in [-0.4, -0.2) is 42.4 Å². The van der Waals surface area contributed by atoms with Crippen molar-refractivity contribution in [3.63, 3.8) is 0 Å². The summed E-state index contributed by atoms with van der Waals surface area (Å²) in [5.74, 6) is 0.00613. The van der Waals surface area contributed by atoms with Crippen LogP contribution in [0.2, 0.25) is 0 Å². The van der Waals surface area contributed by atoms with Crippen LogP contribution in [0.15, 0.2) is 24.4 Å². The summed E-state index contributed by atoms with van der Waals surface area (Å²) in [5.41, 5.74) is 3.47. The quantitative estimate of drug-likeness (QED) is 0.697. The molecule has 1 aromatic heterocycles. The van der Waals surface area contributed by atoms with Crippen LogP contribution in [0.3, 0.4) is 0 Å². The SMILES string of the molecule is COCC(O)CCNC(=O)CCc1c[nH]c2ccc(C)cc12. The van der Waals surface area contributed by atoms with Crippen LogP contribution in [-0.2, 0) is 16.0 Å². The molecule has 0 bridgehead atoms. The van der Waals surface area contributed by atoms with Gasteiger partial charge in [0.2, 0.25) is 5.91 Å². The van der Waals surface area contributed by atoms with Gasteiger partial charge >= 0.3 is 0 Å². The molecule has 0 radical (unpaired) electrons. The van der Waals surface area contributed by atoms with E-state index in [0.717, 1.165) is 11.1 Å². The third-order valence-corrected chi connectivity index (χ3v) is 3.70. The summed E-state index contributed by atoms with van der Waals surface area (Å²) in [6.07, 6.45) is 3.10. The van der Waals surface area contributed by atoms with Crippen molar-refractivity contribution in [1.29, 1.82) is 0 Å². The Bertz CT molecular complexity index is 621. The second-order valence-electron chi connectivity index (χ2n) is 5.61. The zero-order chi connectivity index (χ0) is 15.9. The van der Waals surface area contributed by atoms with Crippen LogP contribution < -0.4 is 5.32 Å². The minimum Gasteiger partial charge on any atom is -0.391 e. The van der Waals surface area contributed by atoms with Crippen molar-refractivity contribution in [3.8, 4) is 0 Å². The van der Waals surface area contributed by atoms with E-state index in [9.17, 15) is 9.90 Å². The Labute approximate surface area is 130 Å². The minimum absolute atomic E-state index is 0.00613. The molecule has 22 heavy (non-hydrogen) atoms. The number of hydrogen-bond acceptors (Lipinski definition) is 3. The first-order valence-corrected chi connectivity index (χ1v) is 7.60. The predicted molar refractivity (Wildman–Crippen MR) is 86.9 cm³/mol. The molecule has 5 heteroatoms. The van der Waals surface area contributed by atoms with Crippen molar-refractivity contribution >= 4 is 16.8 Å². The van der Waals surface area contributed by atoms with Crippen molar-refractivity contribution in [1.82, 2.24) is 10.3 Å². The Morgan fingerprint density at radius 3 is 3.05 bits per heavy atom. The van der Waals surface area contributed by atoms with Gasteiger partial charge in [-0.1, -0.05) is 11.6 Å². The number of benzene rings is 1. The number of aromatic nitrogens is 1. The third-order valence-electron chi connectivity index (χ3n) is 3.70. The number of aliphatic hydroxyl groups is 1. The lowest BCUT2D eigenvalue weighted by molar-refractivity contribution is -0.121. The zero-order valence-corrected chi connectivity index (χ0v) is 13.2. The lowest BCUT2D eigenvalue weighted by Gasteiger charge is -2.10. The summed E-state index contributed by atoms with van der Waals surface area (Å²) in [6, 6.07) is 6.27. The number of nitrogens with one attached hydrogen (secondary N) is 2. The van der Waals surface area contributed by atoms with Gasteiger partial charge in [-0.25, -0.2) is 0 Å². The lowest BCUT2D eigenvalue weighted by Crippen LogP contribution is -2.28. The molecule has 1 amide bonds. The number of H-pyrrole nitrogens is 1. The van der Waals surface area contributed by atoms with E-state index in [0.29, 0.717) is 32.4 Å². The number of aromatic amines is 1. The van der Waals surface area contributed by atoms with Crippen molar-refractivity contribution in [3.05, 3.63) is 35.5 Å². The monoisotopic (exact) mass is 304 g/mol. The van der Waals surface area contributed by atoms with Crippen LogP contribution in [0.25, 0.3) is 10.9 Å². The zero-order valence-electron chi connectivity index (χ0n) is 13.2. The summed E-state index contributed by atoms with van der Waals surface area (Å²) >= 11 is 0. The molecule has 1 aromatic carbocycles. The fourth-order valence-corrected chi connectivity index (χ4v) is 2.49. The molecule has 0 spiro atoms. The Morgan fingerprint density at radius 2 is 2.27 bits per heavy atom. The highest BCUT2D eigenvalue weighted by Gasteiger charge is 2.08. The van der Waals surface area contributed by atoms with Gasteiger partial charge < -0.3 is 20.1 Å². The highest BCUT2D eigenvalue weighted by Crippen LogP contribution is 2.20. The summed E-state index contributed by atoms with van der Waals surface area (Å²) in [5, 5.41) is 13.5. The smallest absolute Gasteiger partial charge is 0.220 e. The second-order valence-corrected chi connectivity index (χ2v) is 5.61. The normalized spacial score (nSPS) is 12.5. The average molecular weight is 304 g/mol. The van der Waals surface area contributed by atoms with Gasteiger partial charge in [0.25, 0.3) is 0 Å². The molecule has 0 saturated heterocycles. The van der Waals surface area contributed by atoms with Gasteiger partial charge in [0.15, 0.2) is 0 Å². The molecule has 0 aliphatic carbocycles. The number of methoxy groups -OCH3 is 1. The number of fused-ring (bicyclic) bond motifs is 1. The molecule has 0 fully saturated rings. The lowest BCUT2D eigenvalue weighted by atomic mass is 10.1. The van der Waals surface area contributed by atoms with E-state index in [1.807, 2.05) is 6.20 Å². The number of aliphatic hydroxyl groups excluding tert-OH is 1. The van der Waals surface area contributed by atoms with Gasteiger partial charge in [0.05, 0.1) is 12.7 Å². The standard InChI is InChI=1S/C17H24N2O3/c1-12-3-5-16-15(9-12)13(10-19-16)4-6-17(21)18-8-7-14(20)11-22-2/h3,5,9-10,14,19-20H,4,6-8,11H2,1-2H3,(H,18,21). The largest absolute Gasteiger partial charge is 0.391 e. The maximum atomic E-state index is 11.8. The maximum absolute atomic E-state index is 11.8. The topological polar surface area (TPSA) is 74.3 Å². The first kappa shape index (κ1) is 16.5. The molecular weight excluding hydrogens is 280 g/mol. The number of aryl methyl sites for hydroxylation is 2. The number of ether oxygens (including phenoxy) is 1. The molecule has 0 saturated carbocycles. The van der Waals surface area contributed by atoms with Crippen molar-refractivity contribution in [2.45, 2.75) is 32.3 Å². The van der Waals surface area contributed by atoms with Crippen molar-refractivity contribution in [2.75, 3.05) is 20.3 Å². The molecule has 3 N–H and O–H groups in total. The fraction of sp³-hybridized carbons (Fsp3) is 0.471. The summed E-state index contributed by atoms with van der Waals surface area (Å²) in [7, 11) is 1.55. The predicted octanol–water partition coefficient (Wildman–Crippen LogP) is 1.92. The number of hydrogen-bond donors (Lipinski definition) is 3. The van der Waals surface area contributed by atoms with Crippen LogP contribution in [0.1, 0.15) is 24.0 Å². The molecule has 2 aromatic rings. The summed E-state index contributed by atoms with van der Waals surface area (Å²) in [4.78, 5) is 15.1. The van der Waals surface area contributed by atoms with E-state index in [4.69, 9.17) is 4.74 Å².